The Morgan fingerprint density at radius 3 is 2.32 bits per heavy atom. The number of primary amides is 2. The molecule has 6 N–H and O–H groups in total. The first-order chi connectivity index (χ1) is 17.6. The first kappa shape index (κ1) is 26.8. The van der Waals surface area contributed by atoms with Crippen LogP contribution in [0.2, 0.25) is 5.02 Å². The SMILES string of the molecule is CC(Nc1cccc(Cl)c1)c1ccc(-c2ccoc2C(N)=O)cc1.NC(=O)c1ccc(O)c([N+](=O)[O-])c1. The van der Waals surface area contributed by atoms with Crippen LogP contribution in [0.15, 0.2) is 83.5 Å². The Bertz CT molecular complexity index is 1440. The number of amides is 2. The van der Waals surface area contributed by atoms with Gasteiger partial charge in [-0.15, -0.1) is 0 Å². The van der Waals surface area contributed by atoms with Crippen molar-refractivity contribution in [1.29, 1.82) is 0 Å². The quantitative estimate of drug-likeness (QED) is 0.189. The number of nitrogens with zero attached hydrogens (tertiary/aromatic N) is 1. The Hall–Kier alpha value is -4.83. The minimum absolute atomic E-state index is 0.00972. The van der Waals surface area contributed by atoms with Gasteiger partial charge in [0, 0.05) is 33.9 Å². The number of benzene rings is 3. The minimum Gasteiger partial charge on any atom is -0.502 e. The summed E-state index contributed by atoms with van der Waals surface area (Å²) in [6.07, 6.45) is 1.46. The van der Waals surface area contributed by atoms with Crippen LogP contribution in [0.4, 0.5) is 11.4 Å². The molecule has 3 aromatic carbocycles. The van der Waals surface area contributed by atoms with E-state index in [4.69, 9.17) is 32.6 Å². The van der Waals surface area contributed by atoms with Crippen LogP contribution in [-0.2, 0) is 0 Å². The molecule has 0 aliphatic carbocycles. The van der Waals surface area contributed by atoms with Crippen LogP contribution in [0, 0.1) is 10.1 Å². The van der Waals surface area contributed by atoms with E-state index in [9.17, 15) is 19.7 Å². The van der Waals surface area contributed by atoms with Crippen LogP contribution in [0.5, 0.6) is 5.75 Å². The second-order valence-electron chi connectivity index (χ2n) is 7.85. The number of nitro groups is 1. The summed E-state index contributed by atoms with van der Waals surface area (Å²) in [5.41, 5.74) is 13.3. The molecular weight excluding hydrogens is 500 g/mol. The lowest BCUT2D eigenvalue weighted by Crippen LogP contribution is -2.10. The van der Waals surface area contributed by atoms with Crippen molar-refractivity contribution in [3.8, 4) is 16.9 Å². The summed E-state index contributed by atoms with van der Waals surface area (Å²) < 4.78 is 5.15. The first-order valence-electron chi connectivity index (χ1n) is 10.8. The molecule has 37 heavy (non-hydrogen) atoms. The van der Waals surface area contributed by atoms with Gasteiger partial charge in [-0.25, -0.2) is 0 Å². The van der Waals surface area contributed by atoms with E-state index in [0.29, 0.717) is 10.6 Å². The van der Waals surface area contributed by atoms with Gasteiger partial charge in [0.1, 0.15) is 0 Å². The molecule has 0 spiro atoms. The lowest BCUT2D eigenvalue weighted by Gasteiger charge is -2.16. The van der Waals surface area contributed by atoms with Gasteiger partial charge in [-0.05, 0) is 54.4 Å². The van der Waals surface area contributed by atoms with Crippen molar-refractivity contribution in [1.82, 2.24) is 0 Å². The third-order valence-corrected chi connectivity index (χ3v) is 5.51. The molecule has 4 rings (SSSR count). The van der Waals surface area contributed by atoms with Crippen molar-refractivity contribution in [3.05, 3.63) is 111 Å². The molecule has 1 aromatic heterocycles. The zero-order valence-corrected chi connectivity index (χ0v) is 20.3. The number of nitrogens with two attached hydrogens (primary N) is 2. The van der Waals surface area contributed by atoms with E-state index >= 15 is 0 Å². The fourth-order valence-corrected chi connectivity index (χ4v) is 3.60. The number of rotatable bonds is 7. The van der Waals surface area contributed by atoms with Gasteiger partial charge in [-0.2, -0.15) is 0 Å². The zero-order valence-electron chi connectivity index (χ0n) is 19.6. The minimum atomic E-state index is -0.790. The highest BCUT2D eigenvalue weighted by atomic mass is 35.5. The second kappa shape index (κ2) is 11.7. The third-order valence-electron chi connectivity index (χ3n) is 5.28. The number of carbonyl (C=O) groups is 2. The average molecular weight is 523 g/mol. The predicted octanol–water partition coefficient (Wildman–Crippen LogP) is 5.27. The molecule has 10 nitrogen and oxygen atoms in total. The van der Waals surface area contributed by atoms with E-state index in [-0.39, 0.29) is 17.4 Å². The van der Waals surface area contributed by atoms with E-state index < -0.39 is 28.2 Å². The number of nitrogens with one attached hydrogen (secondary N) is 1. The Morgan fingerprint density at radius 2 is 1.73 bits per heavy atom. The Labute approximate surface area is 216 Å². The Kier molecular flexibility index (Phi) is 8.49. The molecule has 0 saturated carbocycles. The monoisotopic (exact) mass is 522 g/mol. The van der Waals surface area contributed by atoms with Gasteiger partial charge in [0.05, 0.1) is 11.2 Å². The van der Waals surface area contributed by atoms with Crippen LogP contribution in [0.25, 0.3) is 11.1 Å². The number of anilines is 1. The molecule has 11 heteroatoms. The molecular formula is C26H23ClN4O6. The summed E-state index contributed by atoms with van der Waals surface area (Å²) in [7, 11) is 0. The number of phenolic OH excluding ortho intramolecular Hbond substituents is 1. The van der Waals surface area contributed by atoms with Crippen LogP contribution in [0.1, 0.15) is 39.4 Å². The fourth-order valence-electron chi connectivity index (χ4n) is 3.41. The van der Waals surface area contributed by atoms with Crippen molar-refractivity contribution in [2.75, 3.05) is 5.32 Å². The van der Waals surface area contributed by atoms with Crippen LogP contribution in [-0.4, -0.2) is 21.8 Å². The third kappa shape index (κ3) is 6.86. The fraction of sp³-hybridized carbons (Fsp3) is 0.0769. The first-order valence-corrected chi connectivity index (χ1v) is 11.2. The molecule has 0 bridgehead atoms. The van der Waals surface area contributed by atoms with Gasteiger partial charge in [-0.1, -0.05) is 41.9 Å². The van der Waals surface area contributed by atoms with E-state index in [1.165, 1.54) is 12.3 Å². The van der Waals surface area contributed by atoms with Gasteiger partial charge in [0.25, 0.3) is 5.91 Å². The summed E-state index contributed by atoms with van der Waals surface area (Å²) in [5.74, 6) is -1.67. The summed E-state index contributed by atoms with van der Waals surface area (Å²) in [5, 5.41) is 23.4. The topological polar surface area (TPSA) is 175 Å². The van der Waals surface area contributed by atoms with Crippen molar-refractivity contribution in [3.63, 3.8) is 0 Å². The largest absolute Gasteiger partial charge is 0.502 e. The Balaban J connectivity index is 0.000000248. The van der Waals surface area contributed by atoms with Crippen LogP contribution < -0.4 is 16.8 Å². The molecule has 190 valence electrons. The number of phenols is 1. The van der Waals surface area contributed by atoms with E-state index in [0.717, 1.165) is 28.9 Å². The molecule has 1 heterocycles. The molecule has 2 amide bonds. The van der Waals surface area contributed by atoms with Crippen molar-refractivity contribution >= 4 is 34.8 Å². The molecule has 0 aliphatic heterocycles. The predicted molar refractivity (Wildman–Crippen MR) is 139 cm³/mol. The molecule has 4 aromatic rings. The normalized spacial score (nSPS) is 11.1. The van der Waals surface area contributed by atoms with Crippen molar-refractivity contribution < 1.29 is 24.0 Å². The van der Waals surface area contributed by atoms with E-state index in [1.807, 2.05) is 48.5 Å². The molecule has 0 radical (unpaired) electrons. The van der Waals surface area contributed by atoms with Gasteiger partial charge in [-0.3, -0.25) is 19.7 Å². The molecule has 1 atom stereocenters. The van der Waals surface area contributed by atoms with Crippen molar-refractivity contribution in [2.45, 2.75) is 13.0 Å². The number of aromatic hydroxyl groups is 1. The molecule has 0 aliphatic rings. The van der Waals surface area contributed by atoms with Crippen LogP contribution >= 0.6 is 11.6 Å². The number of halogens is 1. The van der Waals surface area contributed by atoms with Gasteiger partial charge in [0.15, 0.2) is 11.5 Å². The number of nitro benzene ring substituents is 1. The maximum Gasteiger partial charge on any atom is 0.311 e. The second-order valence-corrected chi connectivity index (χ2v) is 8.29. The lowest BCUT2D eigenvalue weighted by molar-refractivity contribution is -0.385. The highest BCUT2D eigenvalue weighted by Gasteiger charge is 2.16. The smallest absolute Gasteiger partial charge is 0.311 e. The maximum atomic E-state index is 11.4. The van der Waals surface area contributed by atoms with Crippen molar-refractivity contribution in [2.24, 2.45) is 11.5 Å². The zero-order chi connectivity index (χ0) is 27.1. The number of carbonyl (C=O) groups excluding carboxylic acids is 2. The lowest BCUT2D eigenvalue weighted by atomic mass is 10.0. The molecule has 0 saturated heterocycles. The van der Waals surface area contributed by atoms with E-state index in [2.05, 4.69) is 12.2 Å². The Morgan fingerprint density at radius 1 is 1.03 bits per heavy atom. The molecule has 1 unspecified atom stereocenters. The molecule has 0 fully saturated rings. The van der Waals surface area contributed by atoms with Gasteiger partial charge >= 0.3 is 5.69 Å². The highest BCUT2D eigenvalue weighted by Crippen LogP contribution is 2.28. The average Bonchev–Trinajstić information content (AvgIpc) is 3.35. The summed E-state index contributed by atoms with van der Waals surface area (Å²) in [4.78, 5) is 31.5. The standard InChI is InChI=1S/C19H17ClN2O2.C7H6N2O4/c1-12(22-16-4-2-3-15(20)11-16)13-5-7-14(8-6-13)17-9-10-24-18(17)19(21)23;8-7(11)4-1-2-6(10)5(3-4)9(12)13/h2-12,22H,1H3,(H2,21,23);1-3,10H,(H2,8,11). The van der Waals surface area contributed by atoms with E-state index in [1.54, 1.807) is 6.07 Å². The number of furan rings is 1. The van der Waals surface area contributed by atoms with Gasteiger partial charge < -0.3 is 26.3 Å². The number of hydrogen-bond donors (Lipinski definition) is 4. The highest BCUT2D eigenvalue weighted by molar-refractivity contribution is 6.30. The van der Waals surface area contributed by atoms with Gasteiger partial charge in [0.2, 0.25) is 5.91 Å². The summed E-state index contributed by atoms with van der Waals surface area (Å²) in [6.45, 7) is 2.07. The summed E-state index contributed by atoms with van der Waals surface area (Å²) >= 11 is 6.01. The summed E-state index contributed by atoms with van der Waals surface area (Å²) in [6, 6.07) is 20.6. The van der Waals surface area contributed by atoms with Crippen LogP contribution in [0.3, 0.4) is 0 Å². The number of hydrogen-bond acceptors (Lipinski definition) is 7. The maximum absolute atomic E-state index is 11.4.